The smallest absolute Gasteiger partial charge is 0.337 e. The predicted octanol–water partition coefficient (Wildman–Crippen LogP) is 3.35. The Balaban J connectivity index is 2.16. The zero-order valence-electron chi connectivity index (χ0n) is 13.1. The van der Waals surface area contributed by atoms with Crippen LogP contribution >= 0.6 is 15.9 Å². The Morgan fingerprint density at radius 3 is 2.42 bits per heavy atom. The Bertz CT molecular complexity index is 776. The lowest BCUT2D eigenvalue weighted by Gasteiger charge is -2.11. The molecule has 0 heterocycles. The van der Waals surface area contributed by atoms with Gasteiger partial charge in [-0.3, -0.25) is 4.79 Å². The van der Waals surface area contributed by atoms with Crippen molar-refractivity contribution in [3.63, 3.8) is 0 Å². The second kappa shape index (κ2) is 7.83. The number of amides is 1. The average molecular weight is 394 g/mol. The van der Waals surface area contributed by atoms with Gasteiger partial charge in [0.1, 0.15) is 0 Å². The van der Waals surface area contributed by atoms with Gasteiger partial charge in [-0.2, -0.15) is 0 Å². The number of hydrogen-bond donors (Lipinski definition) is 2. The number of carbonyl (C=O) groups excluding carboxylic acids is 1. The van der Waals surface area contributed by atoms with Gasteiger partial charge in [0.15, 0.2) is 11.5 Å². The van der Waals surface area contributed by atoms with Gasteiger partial charge in [-0.05, 0) is 35.9 Å². The van der Waals surface area contributed by atoms with E-state index in [4.69, 9.17) is 9.47 Å². The summed E-state index contributed by atoms with van der Waals surface area (Å²) >= 11 is 3.21. The van der Waals surface area contributed by atoms with Crippen molar-refractivity contribution in [2.24, 2.45) is 0 Å². The maximum absolute atomic E-state index is 12.2. The molecule has 0 saturated heterocycles. The SMILES string of the molecule is COc1ccc(CC(=O)Nc2ccc(Br)cc2C(=O)O)cc1OC. The summed E-state index contributed by atoms with van der Waals surface area (Å²) in [5.41, 5.74) is 0.986. The summed E-state index contributed by atoms with van der Waals surface area (Å²) in [6.07, 6.45) is 0.0788. The quantitative estimate of drug-likeness (QED) is 0.785. The van der Waals surface area contributed by atoms with Crippen molar-refractivity contribution in [1.29, 1.82) is 0 Å². The molecule has 0 aromatic heterocycles. The second-order valence-corrected chi connectivity index (χ2v) is 5.83. The van der Waals surface area contributed by atoms with Crippen molar-refractivity contribution >= 4 is 33.5 Å². The van der Waals surface area contributed by atoms with Crippen molar-refractivity contribution in [2.45, 2.75) is 6.42 Å². The van der Waals surface area contributed by atoms with E-state index in [1.54, 1.807) is 30.3 Å². The summed E-state index contributed by atoms with van der Waals surface area (Å²) in [7, 11) is 3.05. The lowest BCUT2D eigenvalue weighted by Crippen LogP contribution is -2.17. The number of ether oxygens (including phenoxy) is 2. The fourth-order valence-corrected chi connectivity index (χ4v) is 2.53. The first kappa shape index (κ1) is 17.8. The molecule has 6 nitrogen and oxygen atoms in total. The maximum atomic E-state index is 12.2. The van der Waals surface area contributed by atoms with Crippen LogP contribution < -0.4 is 14.8 Å². The first-order valence-corrected chi connectivity index (χ1v) is 7.77. The van der Waals surface area contributed by atoms with Crippen molar-refractivity contribution < 1.29 is 24.2 Å². The van der Waals surface area contributed by atoms with Gasteiger partial charge >= 0.3 is 5.97 Å². The van der Waals surface area contributed by atoms with Crippen LogP contribution in [0.15, 0.2) is 40.9 Å². The molecule has 7 heteroatoms. The Kier molecular flexibility index (Phi) is 5.81. The monoisotopic (exact) mass is 393 g/mol. The summed E-state index contributed by atoms with van der Waals surface area (Å²) < 4.78 is 11.0. The Morgan fingerprint density at radius 2 is 1.79 bits per heavy atom. The number of anilines is 1. The summed E-state index contributed by atoms with van der Waals surface area (Å²) in [5, 5.41) is 11.8. The van der Waals surface area contributed by atoms with E-state index in [2.05, 4.69) is 21.2 Å². The Hall–Kier alpha value is -2.54. The van der Waals surface area contributed by atoms with Crippen LogP contribution in [0.1, 0.15) is 15.9 Å². The minimum atomic E-state index is -1.11. The van der Waals surface area contributed by atoms with Gasteiger partial charge in [-0.15, -0.1) is 0 Å². The molecule has 0 aliphatic carbocycles. The third-order valence-corrected chi connectivity index (χ3v) is 3.79. The molecule has 0 aliphatic heterocycles. The third-order valence-electron chi connectivity index (χ3n) is 3.30. The third kappa shape index (κ3) is 4.26. The molecule has 0 fully saturated rings. The minimum Gasteiger partial charge on any atom is -0.493 e. The standard InChI is InChI=1S/C17H16BrNO5/c1-23-14-6-3-10(7-15(14)24-2)8-16(20)19-13-5-4-11(18)9-12(13)17(21)22/h3-7,9H,8H2,1-2H3,(H,19,20)(H,21,22). The van der Waals surface area contributed by atoms with Crippen LogP contribution in [0.4, 0.5) is 5.69 Å². The lowest BCUT2D eigenvalue weighted by molar-refractivity contribution is -0.115. The number of benzene rings is 2. The molecule has 0 saturated carbocycles. The number of carboxylic acids is 1. The molecule has 0 atom stereocenters. The molecular formula is C17H16BrNO5. The van der Waals surface area contributed by atoms with Gasteiger partial charge in [0.05, 0.1) is 31.9 Å². The molecule has 1 amide bonds. The molecule has 2 rings (SSSR count). The Morgan fingerprint density at radius 1 is 1.08 bits per heavy atom. The highest BCUT2D eigenvalue weighted by molar-refractivity contribution is 9.10. The highest BCUT2D eigenvalue weighted by Crippen LogP contribution is 2.28. The number of halogens is 1. The molecule has 24 heavy (non-hydrogen) atoms. The minimum absolute atomic E-state index is 0.0186. The fourth-order valence-electron chi connectivity index (χ4n) is 2.17. The number of aromatic carboxylic acids is 1. The number of carbonyl (C=O) groups is 2. The van der Waals surface area contributed by atoms with Gasteiger partial charge in [0, 0.05) is 4.47 Å². The number of rotatable bonds is 6. The van der Waals surface area contributed by atoms with E-state index in [0.717, 1.165) is 5.56 Å². The van der Waals surface area contributed by atoms with Crippen molar-refractivity contribution in [3.8, 4) is 11.5 Å². The molecular weight excluding hydrogens is 378 g/mol. The van der Waals surface area contributed by atoms with Gasteiger partial charge in [-0.25, -0.2) is 4.79 Å². The normalized spacial score (nSPS) is 10.1. The van der Waals surface area contributed by atoms with Crippen molar-refractivity contribution in [1.82, 2.24) is 0 Å². The van der Waals surface area contributed by atoms with Crippen LogP contribution in [-0.4, -0.2) is 31.2 Å². The van der Waals surface area contributed by atoms with Crippen LogP contribution in [0, 0.1) is 0 Å². The van der Waals surface area contributed by atoms with Crippen LogP contribution in [-0.2, 0) is 11.2 Å². The van der Waals surface area contributed by atoms with Crippen LogP contribution in [0.5, 0.6) is 11.5 Å². The summed E-state index contributed by atoms with van der Waals surface area (Å²) in [5.74, 6) is -0.342. The highest BCUT2D eigenvalue weighted by Gasteiger charge is 2.14. The van der Waals surface area contributed by atoms with E-state index in [-0.39, 0.29) is 23.6 Å². The molecule has 2 aromatic carbocycles. The van der Waals surface area contributed by atoms with E-state index >= 15 is 0 Å². The second-order valence-electron chi connectivity index (χ2n) is 4.91. The van der Waals surface area contributed by atoms with Crippen LogP contribution in [0.3, 0.4) is 0 Å². The molecule has 0 unspecified atom stereocenters. The summed E-state index contributed by atoms with van der Waals surface area (Å²) in [6.45, 7) is 0. The maximum Gasteiger partial charge on any atom is 0.337 e. The van der Waals surface area contributed by atoms with Gasteiger partial charge in [0.25, 0.3) is 0 Å². The predicted molar refractivity (Wildman–Crippen MR) is 93.0 cm³/mol. The fraction of sp³-hybridized carbons (Fsp3) is 0.176. The molecule has 126 valence electrons. The van der Waals surface area contributed by atoms with Gasteiger partial charge < -0.3 is 19.9 Å². The number of carboxylic acid groups (broad SMARTS) is 1. The molecule has 0 bridgehead atoms. The Labute approximate surface area is 147 Å². The zero-order valence-corrected chi connectivity index (χ0v) is 14.7. The number of hydrogen-bond acceptors (Lipinski definition) is 4. The average Bonchev–Trinajstić information content (AvgIpc) is 2.56. The summed E-state index contributed by atoms with van der Waals surface area (Å²) in [6, 6.07) is 9.81. The number of methoxy groups -OCH3 is 2. The van der Waals surface area contributed by atoms with Crippen LogP contribution in [0.25, 0.3) is 0 Å². The molecule has 0 aliphatic rings. The van der Waals surface area contributed by atoms with E-state index in [0.29, 0.717) is 16.0 Å². The van der Waals surface area contributed by atoms with Crippen molar-refractivity contribution in [2.75, 3.05) is 19.5 Å². The van der Waals surface area contributed by atoms with Gasteiger partial charge in [0.2, 0.25) is 5.91 Å². The first-order chi connectivity index (χ1) is 11.4. The molecule has 0 spiro atoms. The largest absolute Gasteiger partial charge is 0.493 e. The number of nitrogens with one attached hydrogen (secondary N) is 1. The van der Waals surface area contributed by atoms with Crippen molar-refractivity contribution in [3.05, 3.63) is 52.0 Å². The first-order valence-electron chi connectivity index (χ1n) is 6.98. The van der Waals surface area contributed by atoms with E-state index < -0.39 is 5.97 Å². The highest BCUT2D eigenvalue weighted by atomic mass is 79.9. The molecule has 2 N–H and O–H groups in total. The van der Waals surface area contributed by atoms with Gasteiger partial charge in [-0.1, -0.05) is 22.0 Å². The lowest BCUT2D eigenvalue weighted by atomic mass is 10.1. The van der Waals surface area contributed by atoms with E-state index in [9.17, 15) is 14.7 Å². The molecule has 2 aromatic rings. The topological polar surface area (TPSA) is 84.9 Å². The zero-order chi connectivity index (χ0) is 17.7. The molecule has 0 radical (unpaired) electrons. The van der Waals surface area contributed by atoms with Crippen LogP contribution in [0.2, 0.25) is 0 Å². The summed E-state index contributed by atoms with van der Waals surface area (Å²) in [4.78, 5) is 23.5. The van der Waals surface area contributed by atoms with E-state index in [1.165, 1.54) is 20.3 Å². The van der Waals surface area contributed by atoms with E-state index in [1.807, 2.05) is 0 Å².